The average Bonchev–Trinajstić information content (AvgIpc) is 2.85. The number of hydrogen-bond donors (Lipinski definition) is 1. The van der Waals surface area contributed by atoms with Crippen LogP contribution in [0.4, 0.5) is 10.6 Å². The molecule has 0 spiro atoms. The SMILES string of the molecule is CNc1cc(C)c([C@@H]2CCCN2C(=O)OC(C)(C)C)cn1. The van der Waals surface area contributed by atoms with Crippen molar-refractivity contribution in [2.24, 2.45) is 0 Å². The minimum Gasteiger partial charge on any atom is -0.444 e. The average molecular weight is 291 g/mol. The van der Waals surface area contributed by atoms with Gasteiger partial charge in [-0.25, -0.2) is 9.78 Å². The van der Waals surface area contributed by atoms with Crippen LogP contribution < -0.4 is 5.32 Å². The van der Waals surface area contributed by atoms with Gasteiger partial charge in [0, 0.05) is 19.8 Å². The van der Waals surface area contributed by atoms with Crippen molar-refractivity contribution < 1.29 is 9.53 Å². The summed E-state index contributed by atoms with van der Waals surface area (Å²) < 4.78 is 5.51. The monoisotopic (exact) mass is 291 g/mol. The largest absolute Gasteiger partial charge is 0.444 e. The Morgan fingerprint density at radius 1 is 1.48 bits per heavy atom. The molecule has 5 nitrogen and oxygen atoms in total. The van der Waals surface area contributed by atoms with Crippen LogP contribution in [0.1, 0.15) is 50.8 Å². The molecule has 1 saturated heterocycles. The van der Waals surface area contributed by atoms with E-state index in [1.165, 1.54) is 0 Å². The number of nitrogens with zero attached hydrogens (tertiary/aromatic N) is 2. The van der Waals surface area contributed by atoms with E-state index in [-0.39, 0.29) is 12.1 Å². The van der Waals surface area contributed by atoms with Gasteiger partial charge >= 0.3 is 6.09 Å². The second-order valence-corrected chi connectivity index (χ2v) is 6.51. The number of ether oxygens (including phenoxy) is 1. The highest BCUT2D eigenvalue weighted by Gasteiger charge is 2.34. The first-order valence-corrected chi connectivity index (χ1v) is 7.46. The first-order valence-electron chi connectivity index (χ1n) is 7.46. The molecule has 21 heavy (non-hydrogen) atoms. The summed E-state index contributed by atoms with van der Waals surface area (Å²) >= 11 is 0. The van der Waals surface area contributed by atoms with Gasteiger partial charge in [0.25, 0.3) is 0 Å². The fraction of sp³-hybridized carbons (Fsp3) is 0.625. The third kappa shape index (κ3) is 3.65. The van der Waals surface area contributed by atoms with E-state index >= 15 is 0 Å². The van der Waals surface area contributed by atoms with Gasteiger partial charge in [-0.1, -0.05) is 0 Å². The first kappa shape index (κ1) is 15.6. The number of carbonyl (C=O) groups excluding carboxylic acids is 1. The van der Waals surface area contributed by atoms with Gasteiger partial charge in [-0.15, -0.1) is 0 Å². The van der Waals surface area contributed by atoms with E-state index < -0.39 is 5.60 Å². The Hall–Kier alpha value is -1.78. The molecular weight excluding hydrogens is 266 g/mol. The maximum Gasteiger partial charge on any atom is 0.410 e. The zero-order valence-electron chi connectivity index (χ0n) is 13.6. The molecule has 1 N–H and O–H groups in total. The van der Waals surface area contributed by atoms with Crippen molar-refractivity contribution in [3.63, 3.8) is 0 Å². The van der Waals surface area contributed by atoms with Crippen molar-refractivity contribution in [1.29, 1.82) is 0 Å². The van der Waals surface area contributed by atoms with Gasteiger partial charge in [0.1, 0.15) is 11.4 Å². The number of amides is 1. The van der Waals surface area contributed by atoms with E-state index in [4.69, 9.17) is 4.74 Å². The Morgan fingerprint density at radius 2 is 2.19 bits per heavy atom. The van der Waals surface area contributed by atoms with Gasteiger partial charge in [-0.05, 0) is 57.7 Å². The number of hydrogen-bond acceptors (Lipinski definition) is 4. The Morgan fingerprint density at radius 3 is 2.76 bits per heavy atom. The molecule has 2 heterocycles. The molecule has 0 saturated carbocycles. The maximum atomic E-state index is 12.4. The molecule has 0 radical (unpaired) electrons. The third-order valence-corrected chi connectivity index (χ3v) is 3.65. The van der Waals surface area contributed by atoms with Gasteiger partial charge in [0.2, 0.25) is 0 Å². The topological polar surface area (TPSA) is 54.5 Å². The molecule has 116 valence electrons. The second-order valence-electron chi connectivity index (χ2n) is 6.51. The number of pyridine rings is 1. The van der Waals surface area contributed by atoms with Crippen molar-refractivity contribution in [2.75, 3.05) is 18.9 Å². The molecule has 0 aliphatic carbocycles. The predicted octanol–water partition coefficient (Wildman–Crippen LogP) is 3.50. The fourth-order valence-corrected chi connectivity index (χ4v) is 2.68. The number of anilines is 1. The van der Waals surface area contributed by atoms with E-state index in [1.807, 2.05) is 45.0 Å². The van der Waals surface area contributed by atoms with Crippen LogP contribution in [0.25, 0.3) is 0 Å². The Bertz CT molecular complexity index is 523. The van der Waals surface area contributed by atoms with Gasteiger partial charge in [-0.2, -0.15) is 0 Å². The van der Waals surface area contributed by atoms with Crippen LogP contribution in [-0.4, -0.2) is 35.2 Å². The van der Waals surface area contributed by atoms with Gasteiger partial charge in [0.15, 0.2) is 0 Å². The van der Waals surface area contributed by atoms with Gasteiger partial charge in [-0.3, -0.25) is 0 Å². The van der Waals surface area contributed by atoms with E-state index in [0.29, 0.717) is 0 Å². The number of nitrogens with one attached hydrogen (secondary N) is 1. The summed E-state index contributed by atoms with van der Waals surface area (Å²) in [6.07, 6.45) is 3.59. The Kier molecular flexibility index (Phi) is 4.40. The lowest BCUT2D eigenvalue weighted by Gasteiger charge is -2.29. The standard InChI is InChI=1S/C16H25N3O2/c1-11-9-14(17-5)18-10-12(11)13-7-6-8-19(13)15(20)21-16(2,3)4/h9-10,13H,6-8H2,1-5H3,(H,17,18)/t13-/m0/s1. The van der Waals surface area contributed by atoms with Crippen molar-refractivity contribution >= 4 is 11.9 Å². The minimum absolute atomic E-state index is 0.0678. The Balaban J connectivity index is 2.20. The normalized spacial score (nSPS) is 18.7. The van der Waals surface area contributed by atoms with Crippen LogP contribution in [0.2, 0.25) is 0 Å². The van der Waals surface area contributed by atoms with E-state index in [2.05, 4.69) is 17.2 Å². The molecule has 1 atom stereocenters. The fourth-order valence-electron chi connectivity index (χ4n) is 2.68. The first-order chi connectivity index (χ1) is 9.81. The lowest BCUT2D eigenvalue weighted by Crippen LogP contribution is -2.36. The zero-order valence-corrected chi connectivity index (χ0v) is 13.6. The maximum absolute atomic E-state index is 12.4. The third-order valence-electron chi connectivity index (χ3n) is 3.65. The highest BCUT2D eigenvalue weighted by molar-refractivity contribution is 5.69. The molecule has 5 heteroatoms. The van der Waals surface area contributed by atoms with Gasteiger partial charge in [0.05, 0.1) is 6.04 Å². The number of aryl methyl sites for hydroxylation is 1. The molecule has 1 aromatic rings. The van der Waals surface area contributed by atoms with Crippen molar-refractivity contribution in [1.82, 2.24) is 9.88 Å². The second kappa shape index (κ2) is 5.92. The van der Waals surface area contributed by atoms with Crippen LogP contribution in [-0.2, 0) is 4.74 Å². The summed E-state index contributed by atoms with van der Waals surface area (Å²) in [7, 11) is 1.85. The summed E-state index contributed by atoms with van der Waals surface area (Å²) in [5.74, 6) is 0.845. The van der Waals surface area contributed by atoms with E-state index in [1.54, 1.807) is 0 Å². The lowest BCUT2D eigenvalue weighted by molar-refractivity contribution is 0.0224. The summed E-state index contributed by atoms with van der Waals surface area (Å²) in [4.78, 5) is 18.6. The molecular formula is C16H25N3O2. The molecule has 1 aromatic heterocycles. The van der Waals surface area contributed by atoms with Crippen LogP contribution in [0, 0.1) is 6.92 Å². The van der Waals surface area contributed by atoms with Crippen LogP contribution >= 0.6 is 0 Å². The number of likely N-dealkylation sites (tertiary alicyclic amines) is 1. The molecule has 1 aliphatic rings. The summed E-state index contributed by atoms with van der Waals surface area (Å²) in [5, 5.41) is 3.03. The molecule has 2 rings (SSSR count). The molecule has 0 aromatic carbocycles. The molecule has 1 amide bonds. The number of aromatic nitrogens is 1. The van der Waals surface area contributed by atoms with Gasteiger partial charge < -0.3 is 15.0 Å². The summed E-state index contributed by atoms with van der Waals surface area (Å²) in [6, 6.07) is 2.08. The van der Waals surface area contributed by atoms with Crippen LogP contribution in [0.15, 0.2) is 12.3 Å². The minimum atomic E-state index is -0.465. The van der Waals surface area contributed by atoms with Crippen molar-refractivity contribution in [3.8, 4) is 0 Å². The van der Waals surface area contributed by atoms with Crippen LogP contribution in [0.5, 0.6) is 0 Å². The zero-order chi connectivity index (χ0) is 15.6. The van der Waals surface area contributed by atoms with Crippen molar-refractivity contribution in [3.05, 3.63) is 23.4 Å². The molecule has 0 unspecified atom stereocenters. The molecule has 1 fully saturated rings. The van der Waals surface area contributed by atoms with E-state index in [9.17, 15) is 4.79 Å². The quantitative estimate of drug-likeness (QED) is 0.906. The number of rotatable bonds is 2. The molecule has 0 bridgehead atoms. The smallest absolute Gasteiger partial charge is 0.410 e. The van der Waals surface area contributed by atoms with Crippen molar-refractivity contribution in [2.45, 2.75) is 52.2 Å². The highest BCUT2D eigenvalue weighted by Crippen LogP contribution is 2.34. The van der Waals surface area contributed by atoms with E-state index in [0.717, 1.165) is 36.3 Å². The molecule has 1 aliphatic heterocycles. The predicted molar refractivity (Wildman–Crippen MR) is 83.4 cm³/mol. The summed E-state index contributed by atoms with van der Waals surface area (Å²) in [5.41, 5.74) is 1.79. The Labute approximate surface area is 126 Å². The highest BCUT2D eigenvalue weighted by atomic mass is 16.6. The summed E-state index contributed by atoms with van der Waals surface area (Å²) in [6.45, 7) is 8.48. The number of carbonyl (C=O) groups is 1. The van der Waals surface area contributed by atoms with Crippen LogP contribution in [0.3, 0.4) is 0 Å². The lowest BCUT2D eigenvalue weighted by atomic mass is 10.0.